The monoisotopic (exact) mass is 483 g/mol. The number of hydrogen-bond donors (Lipinski definition) is 1. The molecular formula is C21H26FN3O5S2. The number of carbonyl (C=O) groups is 1. The fourth-order valence-corrected chi connectivity index (χ4v) is 5.85. The van der Waals surface area contributed by atoms with Crippen molar-refractivity contribution < 1.29 is 26.0 Å². The van der Waals surface area contributed by atoms with E-state index in [1.165, 1.54) is 40.7 Å². The Hall–Kier alpha value is -2.50. The summed E-state index contributed by atoms with van der Waals surface area (Å²) in [6, 6.07) is 10.5. The van der Waals surface area contributed by atoms with E-state index in [0.29, 0.717) is 18.8 Å². The lowest BCUT2D eigenvalue weighted by Crippen LogP contribution is -2.37. The molecule has 2 aromatic carbocycles. The number of sulfonamides is 2. The molecule has 0 aromatic heterocycles. The van der Waals surface area contributed by atoms with Gasteiger partial charge in [0.15, 0.2) is 0 Å². The van der Waals surface area contributed by atoms with Gasteiger partial charge in [-0.1, -0.05) is 12.8 Å². The van der Waals surface area contributed by atoms with E-state index in [-0.39, 0.29) is 10.6 Å². The maximum Gasteiger partial charge on any atom is 0.245 e. The first kappa shape index (κ1) is 24.1. The molecule has 0 atom stereocenters. The molecule has 3 rings (SSSR count). The van der Waals surface area contributed by atoms with Crippen LogP contribution < -0.4 is 9.62 Å². The number of carbonyl (C=O) groups excluding carboxylic acids is 1. The van der Waals surface area contributed by atoms with Crippen molar-refractivity contribution in [3.63, 3.8) is 0 Å². The third-order valence-corrected chi connectivity index (χ3v) is 8.20. The average Bonchev–Trinajstić information content (AvgIpc) is 3.03. The van der Waals surface area contributed by atoms with Crippen LogP contribution in [0.3, 0.4) is 0 Å². The van der Waals surface area contributed by atoms with Crippen molar-refractivity contribution in [1.82, 2.24) is 4.31 Å². The molecule has 1 amide bonds. The van der Waals surface area contributed by atoms with E-state index in [0.717, 1.165) is 48.4 Å². The van der Waals surface area contributed by atoms with Gasteiger partial charge < -0.3 is 5.32 Å². The van der Waals surface area contributed by atoms with Gasteiger partial charge in [0.1, 0.15) is 12.4 Å². The summed E-state index contributed by atoms with van der Waals surface area (Å²) < 4.78 is 65.4. The van der Waals surface area contributed by atoms with Crippen molar-refractivity contribution >= 4 is 37.3 Å². The third kappa shape index (κ3) is 6.05. The Morgan fingerprint density at radius 3 is 2.03 bits per heavy atom. The molecule has 0 aliphatic carbocycles. The summed E-state index contributed by atoms with van der Waals surface area (Å²) in [5.74, 6) is -1.15. The number of rotatable bonds is 7. The van der Waals surface area contributed by atoms with Crippen LogP contribution in [0.2, 0.25) is 0 Å². The summed E-state index contributed by atoms with van der Waals surface area (Å²) in [6.45, 7) is 0.468. The second-order valence-corrected chi connectivity index (χ2v) is 11.5. The minimum Gasteiger partial charge on any atom is -0.325 e. The van der Waals surface area contributed by atoms with Crippen LogP contribution in [0.1, 0.15) is 25.7 Å². The van der Waals surface area contributed by atoms with E-state index in [2.05, 4.69) is 5.32 Å². The molecule has 0 radical (unpaired) electrons. The molecule has 1 heterocycles. The minimum absolute atomic E-state index is 0.140. The molecule has 174 valence electrons. The highest BCUT2D eigenvalue weighted by Gasteiger charge is 2.25. The normalized spacial score (nSPS) is 15.7. The molecule has 0 spiro atoms. The zero-order valence-corrected chi connectivity index (χ0v) is 19.3. The number of halogens is 1. The first-order valence-corrected chi connectivity index (χ1v) is 13.5. The maximum absolute atomic E-state index is 13.2. The number of amides is 1. The number of hydrogen-bond acceptors (Lipinski definition) is 5. The molecule has 0 unspecified atom stereocenters. The van der Waals surface area contributed by atoms with E-state index in [1.807, 2.05) is 0 Å². The number of nitrogens with zero attached hydrogens (tertiary/aromatic N) is 2. The Kier molecular flexibility index (Phi) is 7.52. The average molecular weight is 484 g/mol. The predicted octanol–water partition coefficient (Wildman–Crippen LogP) is 2.80. The Morgan fingerprint density at radius 2 is 1.50 bits per heavy atom. The van der Waals surface area contributed by atoms with Gasteiger partial charge in [-0.05, 0) is 61.4 Å². The predicted molar refractivity (Wildman–Crippen MR) is 121 cm³/mol. The van der Waals surface area contributed by atoms with Gasteiger partial charge in [0.05, 0.1) is 16.8 Å². The van der Waals surface area contributed by atoms with Crippen molar-refractivity contribution in [2.24, 2.45) is 0 Å². The van der Waals surface area contributed by atoms with E-state index >= 15 is 0 Å². The van der Waals surface area contributed by atoms with Crippen LogP contribution in [0, 0.1) is 5.82 Å². The fourth-order valence-electron chi connectivity index (χ4n) is 3.48. The first-order valence-electron chi connectivity index (χ1n) is 10.2. The van der Waals surface area contributed by atoms with E-state index in [9.17, 15) is 26.0 Å². The molecule has 2 aromatic rings. The first-order chi connectivity index (χ1) is 15.1. The molecule has 1 saturated heterocycles. The van der Waals surface area contributed by atoms with E-state index in [1.54, 1.807) is 0 Å². The SMILES string of the molecule is CS(=O)(=O)N(CC(=O)Nc1ccc(S(=O)(=O)N2CCCCCC2)cc1)c1ccc(F)cc1. The Balaban J connectivity index is 1.70. The standard InChI is InChI=1S/C21H26FN3O5S2/c1-31(27,28)25(19-10-6-17(22)7-11-19)16-21(26)23-18-8-12-20(13-9-18)32(29,30)24-14-4-2-3-5-15-24/h6-13H,2-5,14-16H2,1H3,(H,23,26). The molecule has 11 heteroatoms. The zero-order chi connectivity index (χ0) is 23.4. The van der Waals surface area contributed by atoms with Crippen molar-refractivity contribution in [2.75, 3.05) is 35.5 Å². The van der Waals surface area contributed by atoms with Crippen molar-refractivity contribution in [3.05, 3.63) is 54.3 Å². The van der Waals surface area contributed by atoms with Crippen molar-refractivity contribution in [1.29, 1.82) is 0 Å². The van der Waals surface area contributed by atoms with Gasteiger partial charge in [-0.25, -0.2) is 21.2 Å². The Bertz CT molecular complexity index is 1140. The summed E-state index contributed by atoms with van der Waals surface area (Å²) in [5.41, 5.74) is 0.486. The molecule has 0 saturated carbocycles. The Morgan fingerprint density at radius 1 is 0.938 bits per heavy atom. The summed E-state index contributed by atoms with van der Waals surface area (Å²) in [4.78, 5) is 12.6. The van der Waals surface area contributed by atoms with Crippen LogP contribution in [0.15, 0.2) is 53.4 Å². The van der Waals surface area contributed by atoms with Crippen molar-refractivity contribution in [2.45, 2.75) is 30.6 Å². The summed E-state index contributed by atoms with van der Waals surface area (Å²) in [7, 11) is -7.40. The fraction of sp³-hybridized carbons (Fsp3) is 0.381. The molecule has 32 heavy (non-hydrogen) atoms. The summed E-state index contributed by atoms with van der Waals surface area (Å²) in [6.07, 6.45) is 4.64. The lowest BCUT2D eigenvalue weighted by atomic mass is 10.2. The van der Waals surface area contributed by atoms with Gasteiger partial charge in [-0.15, -0.1) is 0 Å². The number of benzene rings is 2. The highest BCUT2D eigenvalue weighted by molar-refractivity contribution is 7.92. The van der Waals surface area contributed by atoms with Crippen molar-refractivity contribution in [3.8, 4) is 0 Å². The zero-order valence-electron chi connectivity index (χ0n) is 17.7. The number of anilines is 2. The van der Waals surface area contributed by atoms with Crippen LogP contribution in [0.25, 0.3) is 0 Å². The molecule has 1 N–H and O–H groups in total. The van der Waals surface area contributed by atoms with Crippen LogP contribution in [0.4, 0.5) is 15.8 Å². The molecule has 1 aliphatic rings. The van der Waals surface area contributed by atoms with Crippen LogP contribution >= 0.6 is 0 Å². The van der Waals surface area contributed by atoms with Gasteiger partial charge in [0.25, 0.3) is 0 Å². The highest BCUT2D eigenvalue weighted by Crippen LogP contribution is 2.22. The highest BCUT2D eigenvalue weighted by atomic mass is 32.2. The van der Waals surface area contributed by atoms with E-state index < -0.39 is 38.3 Å². The molecule has 0 bridgehead atoms. The quantitative estimate of drug-likeness (QED) is 0.652. The molecule has 8 nitrogen and oxygen atoms in total. The molecule has 1 aliphatic heterocycles. The van der Waals surface area contributed by atoms with Gasteiger partial charge >= 0.3 is 0 Å². The summed E-state index contributed by atoms with van der Waals surface area (Å²) >= 11 is 0. The van der Waals surface area contributed by atoms with Gasteiger partial charge in [-0.3, -0.25) is 9.10 Å². The minimum atomic E-state index is -3.79. The lowest BCUT2D eigenvalue weighted by molar-refractivity contribution is -0.114. The van der Waals surface area contributed by atoms with Gasteiger partial charge in [-0.2, -0.15) is 4.31 Å². The largest absolute Gasteiger partial charge is 0.325 e. The van der Waals surface area contributed by atoms with Gasteiger partial charge in [0, 0.05) is 18.8 Å². The smallest absolute Gasteiger partial charge is 0.245 e. The molecule has 1 fully saturated rings. The van der Waals surface area contributed by atoms with Gasteiger partial charge in [0.2, 0.25) is 26.0 Å². The van der Waals surface area contributed by atoms with Crippen LogP contribution in [-0.2, 0) is 24.8 Å². The Labute approximate surface area is 188 Å². The third-order valence-electron chi connectivity index (χ3n) is 5.14. The van der Waals surface area contributed by atoms with E-state index in [4.69, 9.17) is 0 Å². The lowest BCUT2D eigenvalue weighted by Gasteiger charge is -2.22. The van der Waals surface area contributed by atoms with Crippen LogP contribution in [-0.4, -0.2) is 52.9 Å². The van der Waals surface area contributed by atoms with Crippen LogP contribution in [0.5, 0.6) is 0 Å². The topological polar surface area (TPSA) is 104 Å². The maximum atomic E-state index is 13.2. The molecular weight excluding hydrogens is 457 g/mol. The summed E-state index contributed by atoms with van der Waals surface area (Å²) in [5, 5.41) is 2.57. The second kappa shape index (κ2) is 9.97. The second-order valence-electron chi connectivity index (χ2n) is 7.64. The number of nitrogens with one attached hydrogen (secondary N) is 1.